The summed E-state index contributed by atoms with van der Waals surface area (Å²) in [5, 5.41) is 7.72. The lowest BCUT2D eigenvalue weighted by Crippen LogP contribution is -1.90. The van der Waals surface area contributed by atoms with E-state index in [4.69, 9.17) is 0 Å². The van der Waals surface area contributed by atoms with Gasteiger partial charge in [-0.3, -0.25) is 9.97 Å². The van der Waals surface area contributed by atoms with Gasteiger partial charge in [0.2, 0.25) is 0 Å². The highest BCUT2D eigenvalue weighted by atomic mass is 79.9. The fraction of sp³-hybridized carbons (Fsp3) is 0. The fourth-order valence-corrected chi connectivity index (χ4v) is 1.31. The minimum atomic E-state index is 0.704. The summed E-state index contributed by atoms with van der Waals surface area (Å²) < 4.78 is 0.864. The van der Waals surface area contributed by atoms with Crippen LogP contribution in [0, 0.1) is 0 Å². The molecule has 0 N–H and O–H groups in total. The predicted molar refractivity (Wildman–Crippen MR) is 50.8 cm³/mol. The fourth-order valence-electron chi connectivity index (χ4n) is 0.911. The zero-order chi connectivity index (χ0) is 9.10. The van der Waals surface area contributed by atoms with Crippen LogP contribution in [0.3, 0.4) is 0 Å². The maximum atomic E-state index is 4.11. The lowest BCUT2D eigenvalue weighted by molar-refractivity contribution is 1.02. The number of hydrogen-bond donors (Lipinski definition) is 0. The topological polar surface area (TPSA) is 51.6 Å². The summed E-state index contributed by atoms with van der Waals surface area (Å²) in [6.45, 7) is 0. The Hall–Kier alpha value is -1.36. The number of aromatic nitrogens is 4. The van der Waals surface area contributed by atoms with E-state index in [9.17, 15) is 0 Å². The zero-order valence-corrected chi connectivity index (χ0v) is 8.14. The first-order chi connectivity index (χ1) is 6.38. The van der Waals surface area contributed by atoms with Crippen LogP contribution in [0.4, 0.5) is 0 Å². The van der Waals surface area contributed by atoms with Gasteiger partial charge in [-0.2, -0.15) is 5.10 Å². The molecule has 0 aliphatic carbocycles. The Balaban J connectivity index is 2.54. The van der Waals surface area contributed by atoms with Crippen LogP contribution in [-0.4, -0.2) is 20.2 Å². The summed E-state index contributed by atoms with van der Waals surface area (Å²) in [6.07, 6.45) is 6.50. The molecule has 0 aliphatic heterocycles. The quantitative estimate of drug-likeness (QED) is 0.757. The number of rotatable bonds is 1. The van der Waals surface area contributed by atoms with Gasteiger partial charge in [0.25, 0.3) is 0 Å². The summed E-state index contributed by atoms with van der Waals surface area (Å²) in [5.74, 6) is 0. The second kappa shape index (κ2) is 3.57. The molecule has 5 heteroatoms. The lowest BCUT2D eigenvalue weighted by Gasteiger charge is -1.98. The van der Waals surface area contributed by atoms with Gasteiger partial charge in [-0.15, -0.1) is 5.10 Å². The van der Waals surface area contributed by atoms with Gasteiger partial charge in [0.1, 0.15) is 11.4 Å². The molecule has 2 heterocycles. The standard InChI is InChI=1S/C8H5BrN4/c9-6-1-2-12-13-8(6)7-5-10-3-4-11-7/h1-5H. The average Bonchev–Trinajstić information content (AvgIpc) is 2.20. The zero-order valence-electron chi connectivity index (χ0n) is 6.55. The molecule has 0 saturated heterocycles. The highest BCUT2D eigenvalue weighted by molar-refractivity contribution is 9.10. The maximum absolute atomic E-state index is 4.11. The average molecular weight is 237 g/mol. The first-order valence-electron chi connectivity index (χ1n) is 3.61. The largest absolute Gasteiger partial charge is 0.261 e. The van der Waals surface area contributed by atoms with Gasteiger partial charge in [-0.1, -0.05) is 0 Å². The highest BCUT2D eigenvalue weighted by Crippen LogP contribution is 2.21. The molecular weight excluding hydrogens is 232 g/mol. The second-order valence-electron chi connectivity index (χ2n) is 2.32. The third kappa shape index (κ3) is 1.70. The molecule has 4 nitrogen and oxygen atoms in total. The van der Waals surface area contributed by atoms with Gasteiger partial charge < -0.3 is 0 Å². The number of hydrogen-bond acceptors (Lipinski definition) is 4. The molecule has 64 valence electrons. The molecule has 0 spiro atoms. The highest BCUT2D eigenvalue weighted by Gasteiger charge is 2.04. The van der Waals surface area contributed by atoms with E-state index in [0.717, 1.165) is 4.47 Å². The van der Waals surface area contributed by atoms with Crippen LogP contribution in [0.25, 0.3) is 11.4 Å². The van der Waals surface area contributed by atoms with E-state index in [1.54, 1.807) is 24.8 Å². The van der Waals surface area contributed by atoms with Gasteiger partial charge >= 0.3 is 0 Å². The molecule has 0 atom stereocenters. The van der Waals surface area contributed by atoms with Crippen LogP contribution in [0.1, 0.15) is 0 Å². The summed E-state index contributed by atoms with van der Waals surface area (Å²) in [4.78, 5) is 8.07. The van der Waals surface area contributed by atoms with Crippen molar-refractivity contribution >= 4 is 15.9 Å². The smallest absolute Gasteiger partial charge is 0.127 e. The van der Waals surface area contributed by atoms with Gasteiger partial charge in [0.15, 0.2) is 0 Å². The molecule has 0 aliphatic rings. The molecule has 0 aromatic carbocycles. The van der Waals surface area contributed by atoms with Crippen molar-refractivity contribution in [3.05, 3.63) is 35.3 Å². The molecule has 0 fully saturated rings. The third-order valence-electron chi connectivity index (χ3n) is 1.48. The Bertz CT molecular complexity index is 404. The predicted octanol–water partition coefficient (Wildman–Crippen LogP) is 1.70. The van der Waals surface area contributed by atoms with E-state index in [2.05, 4.69) is 36.1 Å². The molecule has 0 radical (unpaired) electrons. The van der Waals surface area contributed by atoms with Crippen molar-refractivity contribution < 1.29 is 0 Å². The van der Waals surface area contributed by atoms with Crippen LogP contribution in [0.2, 0.25) is 0 Å². The van der Waals surface area contributed by atoms with E-state index in [0.29, 0.717) is 11.4 Å². The van der Waals surface area contributed by atoms with Gasteiger partial charge in [-0.05, 0) is 22.0 Å². The Morgan fingerprint density at radius 2 is 2.08 bits per heavy atom. The summed E-state index contributed by atoms with van der Waals surface area (Å²) in [6, 6.07) is 1.82. The van der Waals surface area contributed by atoms with Crippen molar-refractivity contribution in [3.8, 4) is 11.4 Å². The van der Waals surface area contributed by atoms with Crippen LogP contribution >= 0.6 is 15.9 Å². The van der Waals surface area contributed by atoms with Crippen molar-refractivity contribution in [1.82, 2.24) is 20.2 Å². The minimum absolute atomic E-state index is 0.704. The third-order valence-corrected chi connectivity index (χ3v) is 2.12. The van der Waals surface area contributed by atoms with E-state index in [1.807, 2.05) is 6.07 Å². The number of nitrogens with zero attached hydrogens (tertiary/aromatic N) is 4. The SMILES string of the molecule is Brc1ccnnc1-c1cnccn1. The van der Waals surface area contributed by atoms with Crippen molar-refractivity contribution in [1.29, 1.82) is 0 Å². The first-order valence-corrected chi connectivity index (χ1v) is 4.41. The molecular formula is C8H5BrN4. The molecule has 2 rings (SSSR count). The minimum Gasteiger partial charge on any atom is -0.261 e. The molecule has 13 heavy (non-hydrogen) atoms. The Kier molecular flexibility index (Phi) is 2.27. The normalized spacial score (nSPS) is 9.92. The van der Waals surface area contributed by atoms with E-state index < -0.39 is 0 Å². The molecule has 0 saturated carbocycles. The molecule has 0 unspecified atom stereocenters. The number of halogens is 1. The van der Waals surface area contributed by atoms with Crippen molar-refractivity contribution in [3.63, 3.8) is 0 Å². The molecule has 2 aromatic heterocycles. The van der Waals surface area contributed by atoms with Crippen LogP contribution in [0.15, 0.2) is 35.3 Å². The molecule has 0 amide bonds. The van der Waals surface area contributed by atoms with E-state index >= 15 is 0 Å². The Labute approximate surface area is 83.2 Å². The second-order valence-corrected chi connectivity index (χ2v) is 3.17. The Morgan fingerprint density at radius 1 is 1.15 bits per heavy atom. The van der Waals surface area contributed by atoms with Crippen molar-refractivity contribution in [2.45, 2.75) is 0 Å². The summed E-state index contributed by atoms with van der Waals surface area (Å²) >= 11 is 3.36. The summed E-state index contributed by atoms with van der Waals surface area (Å²) in [7, 11) is 0. The maximum Gasteiger partial charge on any atom is 0.127 e. The molecule has 2 aromatic rings. The van der Waals surface area contributed by atoms with E-state index in [1.165, 1.54) is 0 Å². The van der Waals surface area contributed by atoms with Crippen molar-refractivity contribution in [2.24, 2.45) is 0 Å². The van der Waals surface area contributed by atoms with E-state index in [-0.39, 0.29) is 0 Å². The van der Waals surface area contributed by atoms with Crippen LogP contribution in [-0.2, 0) is 0 Å². The van der Waals surface area contributed by atoms with Crippen LogP contribution < -0.4 is 0 Å². The Morgan fingerprint density at radius 3 is 2.77 bits per heavy atom. The molecule has 0 bridgehead atoms. The lowest BCUT2D eigenvalue weighted by atomic mass is 10.3. The summed E-state index contributed by atoms with van der Waals surface area (Å²) in [5.41, 5.74) is 1.41. The van der Waals surface area contributed by atoms with Gasteiger partial charge in [0.05, 0.1) is 12.4 Å². The first kappa shape index (κ1) is 8.25. The monoisotopic (exact) mass is 236 g/mol. The van der Waals surface area contributed by atoms with Crippen molar-refractivity contribution in [2.75, 3.05) is 0 Å². The van der Waals surface area contributed by atoms with Gasteiger partial charge in [-0.25, -0.2) is 0 Å². The van der Waals surface area contributed by atoms with Gasteiger partial charge in [0, 0.05) is 16.9 Å². The van der Waals surface area contributed by atoms with Crippen LogP contribution in [0.5, 0.6) is 0 Å².